The van der Waals surface area contributed by atoms with Crippen LogP contribution in [-0.2, 0) is 14.3 Å². The predicted octanol–water partition coefficient (Wildman–Crippen LogP) is 3.64. The molecule has 1 aliphatic heterocycles. The lowest BCUT2D eigenvalue weighted by Crippen LogP contribution is -2.45. The maximum absolute atomic E-state index is 12.6. The maximum atomic E-state index is 12.6. The van der Waals surface area contributed by atoms with Gasteiger partial charge in [-0.05, 0) is 85.6 Å². The predicted molar refractivity (Wildman–Crippen MR) is 162 cm³/mol. The Labute approximate surface area is 259 Å². The number of carbonyl (C=O) groups is 4. The lowest BCUT2D eigenvalue weighted by atomic mass is 9.95. The van der Waals surface area contributed by atoms with E-state index < -0.39 is 29.9 Å². The Morgan fingerprint density at radius 2 is 1.62 bits per heavy atom. The molecule has 0 unspecified atom stereocenters. The minimum Gasteiger partial charge on any atom is -0.497 e. The van der Waals surface area contributed by atoms with Gasteiger partial charge in [0.25, 0.3) is 5.91 Å². The average Bonchev–Trinajstić information content (AvgIpc) is 3.04. The van der Waals surface area contributed by atoms with E-state index in [2.05, 4.69) is 21.2 Å². The third-order valence-electron chi connectivity index (χ3n) is 6.46. The summed E-state index contributed by atoms with van der Waals surface area (Å²) in [5.41, 5.74) is 4.59. The molecule has 0 bridgehead atoms. The summed E-state index contributed by atoms with van der Waals surface area (Å²) in [6.45, 7) is 3.11. The van der Waals surface area contributed by atoms with E-state index in [9.17, 15) is 19.2 Å². The van der Waals surface area contributed by atoms with Gasteiger partial charge in [0, 0.05) is 5.70 Å². The van der Waals surface area contributed by atoms with E-state index in [4.69, 9.17) is 23.7 Å². The zero-order valence-electron chi connectivity index (χ0n) is 25.0. The van der Waals surface area contributed by atoms with Crippen molar-refractivity contribution in [3.63, 3.8) is 0 Å². The van der Waals surface area contributed by atoms with Crippen molar-refractivity contribution in [2.45, 2.75) is 19.9 Å². The summed E-state index contributed by atoms with van der Waals surface area (Å²) < 4.78 is 26.7. The molecule has 3 N–H and O–H groups in total. The van der Waals surface area contributed by atoms with Crippen molar-refractivity contribution in [3.05, 3.63) is 94.7 Å². The van der Waals surface area contributed by atoms with Crippen LogP contribution in [0.1, 0.15) is 41.4 Å². The van der Waals surface area contributed by atoms with Gasteiger partial charge < -0.3 is 34.3 Å². The van der Waals surface area contributed by atoms with Crippen LogP contribution in [0.2, 0.25) is 0 Å². The molecular formula is C32H32N4O9. The van der Waals surface area contributed by atoms with E-state index in [0.29, 0.717) is 33.9 Å². The Hall–Kier alpha value is -5.85. The Bertz CT molecular complexity index is 1620. The number of amides is 3. The number of rotatable bonds is 12. The summed E-state index contributed by atoms with van der Waals surface area (Å²) in [6.07, 6.45) is 1.42. The summed E-state index contributed by atoms with van der Waals surface area (Å²) in [4.78, 5) is 49.4. The molecule has 13 nitrogen and oxygen atoms in total. The number of esters is 2. The summed E-state index contributed by atoms with van der Waals surface area (Å²) in [5.74, 6) is -0.0823. The fraction of sp³-hybridized carbons (Fsp3) is 0.219. The van der Waals surface area contributed by atoms with Crippen molar-refractivity contribution in [2.75, 3.05) is 27.4 Å². The van der Waals surface area contributed by atoms with E-state index >= 15 is 0 Å². The summed E-state index contributed by atoms with van der Waals surface area (Å²) >= 11 is 0. The summed E-state index contributed by atoms with van der Waals surface area (Å²) in [5, 5.41) is 9.23. The molecule has 0 saturated heterocycles. The van der Waals surface area contributed by atoms with Crippen LogP contribution >= 0.6 is 0 Å². The minimum absolute atomic E-state index is 0.175. The number of allylic oxidation sites excluding steroid dienone is 1. The van der Waals surface area contributed by atoms with E-state index in [1.165, 1.54) is 13.3 Å². The summed E-state index contributed by atoms with van der Waals surface area (Å²) in [7, 11) is 2.97. The van der Waals surface area contributed by atoms with Gasteiger partial charge in [-0.15, -0.1) is 0 Å². The fourth-order valence-corrected chi connectivity index (χ4v) is 4.28. The minimum atomic E-state index is -0.784. The van der Waals surface area contributed by atoms with Crippen LogP contribution in [0.15, 0.2) is 83.1 Å². The molecule has 234 valence electrons. The number of carbonyl (C=O) groups excluding carboxylic acids is 4. The molecule has 0 fully saturated rings. The van der Waals surface area contributed by atoms with Gasteiger partial charge in [-0.2, -0.15) is 5.10 Å². The second-order valence-corrected chi connectivity index (χ2v) is 9.47. The fourth-order valence-electron chi connectivity index (χ4n) is 4.28. The van der Waals surface area contributed by atoms with E-state index in [1.54, 1.807) is 87.7 Å². The molecule has 45 heavy (non-hydrogen) atoms. The van der Waals surface area contributed by atoms with Crippen molar-refractivity contribution in [1.29, 1.82) is 0 Å². The molecule has 1 atom stereocenters. The highest BCUT2D eigenvalue weighted by molar-refractivity contribution is 5.95. The first-order valence-corrected chi connectivity index (χ1v) is 13.8. The lowest BCUT2D eigenvalue weighted by molar-refractivity contribution is -0.139. The number of hydrogen-bond acceptors (Lipinski definition) is 10. The molecule has 1 heterocycles. The van der Waals surface area contributed by atoms with Crippen LogP contribution in [0.5, 0.6) is 23.0 Å². The second kappa shape index (κ2) is 15.0. The van der Waals surface area contributed by atoms with Crippen LogP contribution in [0.3, 0.4) is 0 Å². The Kier molecular flexibility index (Phi) is 10.7. The topological polar surface area (TPSA) is 163 Å². The van der Waals surface area contributed by atoms with Gasteiger partial charge >= 0.3 is 18.0 Å². The van der Waals surface area contributed by atoms with Crippen molar-refractivity contribution in [2.24, 2.45) is 5.10 Å². The second-order valence-electron chi connectivity index (χ2n) is 9.47. The van der Waals surface area contributed by atoms with E-state index in [0.717, 1.165) is 0 Å². The number of nitrogens with one attached hydrogen (secondary N) is 3. The highest BCUT2D eigenvalue weighted by Crippen LogP contribution is 2.34. The standard InChI is InChI=1S/C32H32N4O9/c1-5-43-31(39)28-19(2)34-32(40)35-29(28)22-10-15-25(26(16-22)42-4)44-18-27(37)36-33-17-20-6-11-24(12-7-20)45-30(38)21-8-13-23(41-3)14-9-21/h6-17,29H,5,18H2,1-4H3,(H,36,37)(H2,34,35,40)/b33-17-/t29-/m0/s1. The quantitative estimate of drug-likeness (QED) is 0.119. The number of urea groups is 1. The Morgan fingerprint density at radius 1 is 0.911 bits per heavy atom. The molecule has 13 heteroatoms. The molecule has 0 radical (unpaired) electrons. The van der Waals surface area contributed by atoms with E-state index in [1.807, 2.05) is 0 Å². The molecule has 0 aliphatic carbocycles. The number of methoxy groups -OCH3 is 2. The van der Waals surface area contributed by atoms with Gasteiger partial charge in [0.15, 0.2) is 18.1 Å². The Morgan fingerprint density at radius 3 is 2.29 bits per heavy atom. The largest absolute Gasteiger partial charge is 0.497 e. The molecule has 0 aromatic heterocycles. The zero-order chi connectivity index (χ0) is 32.3. The zero-order valence-corrected chi connectivity index (χ0v) is 25.0. The van der Waals surface area contributed by atoms with Crippen molar-refractivity contribution in [3.8, 4) is 23.0 Å². The molecule has 3 aromatic rings. The number of hydrazone groups is 1. The van der Waals surface area contributed by atoms with Gasteiger partial charge in [0.2, 0.25) is 0 Å². The van der Waals surface area contributed by atoms with Crippen molar-refractivity contribution < 1.29 is 42.9 Å². The monoisotopic (exact) mass is 616 g/mol. The van der Waals surface area contributed by atoms with Crippen LogP contribution in [0.25, 0.3) is 0 Å². The van der Waals surface area contributed by atoms with Crippen molar-refractivity contribution in [1.82, 2.24) is 16.1 Å². The van der Waals surface area contributed by atoms with E-state index in [-0.39, 0.29) is 30.3 Å². The van der Waals surface area contributed by atoms with Gasteiger partial charge in [-0.25, -0.2) is 19.8 Å². The number of benzene rings is 3. The average molecular weight is 617 g/mol. The van der Waals surface area contributed by atoms with Gasteiger partial charge in [0.1, 0.15) is 11.5 Å². The first-order valence-electron chi connectivity index (χ1n) is 13.8. The highest BCUT2D eigenvalue weighted by atomic mass is 16.5. The number of ether oxygens (including phenoxy) is 5. The molecule has 3 amide bonds. The van der Waals surface area contributed by atoms with Gasteiger partial charge in [-0.3, -0.25) is 4.79 Å². The van der Waals surface area contributed by atoms with Crippen LogP contribution in [0, 0.1) is 0 Å². The van der Waals surface area contributed by atoms with Crippen LogP contribution in [0.4, 0.5) is 4.79 Å². The number of hydrogen-bond donors (Lipinski definition) is 3. The molecule has 0 spiro atoms. The summed E-state index contributed by atoms with van der Waals surface area (Å²) in [6, 6.07) is 16.7. The SMILES string of the molecule is CCOC(=O)C1=C(C)NC(=O)N[C@H]1c1ccc(OCC(=O)N/N=C\c2ccc(OC(=O)c3ccc(OC)cc3)cc2)c(OC)c1. The third kappa shape index (κ3) is 8.38. The highest BCUT2D eigenvalue weighted by Gasteiger charge is 2.32. The van der Waals surface area contributed by atoms with Gasteiger partial charge in [0.05, 0.1) is 44.2 Å². The smallest absolute Gasteiger partial charge is 0.343 e. The third-order valence-corrected chi connectivity index (χ3v) is 6.46. The molecule has 1 aliphatic rings. The maximum Gasteiger partial charge on any atom is 0.343 e. The lowest BCUT2D eigenvalue weighted by Gasteiger charge is -2.28. The molecule has 3 aromatic carbocycles. The first kappa shape index (κ1) is 32.1. The normalized spacial score (nSPS) is 14.2. The van der Waals surface area contributed by atoms with Crippen molar-refractivity contribution >= 4 is 30.1 Å². The van der Waals surface area contributed by atoms with Gasteiger partial charge in [-0.1, -0.05) is 6.07 Å². The van der Waals surface area contributed by atoms with Crippen LogP contribution in [-0.4, -0.2) is 57.5 Å². The molecule has 0 saturated carbocycles. The Balaban J connectivity index is 1.31. The molecule has 4 rings (SSSR count). The number of nitrogens with zero attached hydrogens (tertiary/aromatic N) is 1. The first-order chi connectivity index (χ1) is 21.7. The molecular weight excluding hydrogens is 584 g/mol. The van der Waals surface area contributed by atoms with Crippen LogP contribution < -0.4 is 35.0 Å².